The van der Waals surface area contributed by atoms with E-state index in [1.807, 2.05) is 0 Å². The Balaban J connectivity index is 2.94. The molecule has 0 aromatic heterocycles. The molecule has 0 radical (unpaired) electrons. The number of rotatable bonds is 12. The Kier molecular flexibility index (Phi) is 10.7. The molecule has 0 saturated heterocycles. The quantitative estimate of drug-likeness (QED) is 0.192. The molecule has 27 heavy (non-hydrogen) atoms. The van der Waals surface area contributed by atoms with Crippen molar-refractivity contribution in [3.8, 4) is 11.5 Å². The van der Waals surface area contributed by atoms with Crippen LogP contribution in [0.4, 0.5) is 0 Å². The molecule has 0 atom stereocenters. The molecule has 1 aromatic rings. The fourth-order valence-electron chi connectivity index (χ4n) is 2.34. The fraction of sp³-hybridized carbons (Fsp3) is 0.524. The van der Waals surface area contributed by atoms with Gasteiger partial charge in [-0.2, -0.15) is 0 Å². The first-order valence-corrected chi connectivity index (χ1v) is 9.46. The molecule has 0 aliphatic rings. The van der Waals surface area contributed by atoms with Crippen molar-refractivity contribution >= 4 is 18.0 Å². The molecule has 6 nitrogen and oxygen atoms in total. The van der Waals surface area contributed by atoms with Gasteiger partial charge in [0, 0.05) is 0 Å². The molecule has 150 valence electrons. The summed E-state index contributed by atoms with van der Waals surface area (Å²) in [6, 6.07) is 4.54. The van der Waals surface area contributed by atoms with Crippen LogP contribution in [0.2, 0.25) is 0 Å². The van der Waals surface area contributed by atoms with Crippen LogP contribution in [0.1, 0.15) is 57.9 Å². The third-order valence-electron chi connectivity index (χ3n) is 3.92. The summed E-state index contributed by atoms with van der Waals surface area (Å²) in [6.07, 6.45) is 6.79. The van der Waals surface area contributed by atoms with Crippen molar-refractivity contribution in [3.63, 3.8) is 0 Å². The second kappa shape index (κ2) is 12.8. The van der Waals surface area contributed by atoms with Crippen LogP contribution in [0, 0.1) is 0 Å². The van der Waals surface area contributed by atoms with Crippen LogP contribution in [0.3, 0.4) is 0 Å². The highest BCUT2D eigenvalue weighted by molar-refractivity contribution is 6.17. The molecular weight excluding hydrogens is 348 g/mol. The Morgan fingerprint density at radius 3 is 2.00 bits per heavy atom. The number of esters is 2. The number of benzene rings is 1. The summed E-state index contributed by atoms with van der Waals surface area (Å²) in [5.41, 5.74) is 0.353. The highest BCUT2D eigenvalue weighted by atomic mass is 16.6. The molecule has 0 heterocycles. The number of ether oxygens (including phenoxy) is 3. The van der Waals surface area contributed by atoms with Crippen LogP contribution in [-0.2, 0) is 19.1 Å². The van der Waals surface area contributed by atoms with E-state index >= 15 is 0 Å². The normalized spacial score (nSPS) is 10.2. The fourth-order valence-corrected chi connectivity index (χ4v) is 2.34. The van der Waals surface area contributed by atoms with Gasteiger partial charge >= 0.3 is 11.9 Å². The lowest BCUT2D eigenvalue weighted by atomic mass is 10.1. The lowest BCUT2D eigenvalue weighted by molar-refractivity contribution is -0.147. The number of methoxy groups -OCH3 is 1. The van der Waals surface area contributed by atoms with Crippen LogP contribution in [-0.4, -0.2) is 37.4 Å². The minimum atomic E-state index is -0.710. The molecule has 1 aromatic carbocycles. The zero-order valence-corrected chi connectivity index (χ0v) is 16.5. The maximum absolute atomic E-state index is 12.4. The highest BCUT2D eigenvalue weighted by Crippen LogP contribution is 2.27. The van der Waals surface area contributed by atoms with Gasteiger partial charge in [0.2, 0.25) is 0 Å². The van der Waals surface area contributed by atoms with Crippen molar-refractivity contribution in [1.29, 1.82) is 0 Å². The van der Waals surface area contributed by atoms with Crippen molar-refractivity contribution in [1.82, 2.24) is 0 Å². The lowest BCUT2D eigenvalue weighted by Crippen LogP contribution is -2.19. The number of hydrogen-bond acceptors (Lipinski definition) is 6. The topological polar surface area (TPSA) is 82.1 Å². The molecule has 0 aliphatic carbocycles. The summed E-state index contributed by atoms with van der Waals surface area (Å²) in [5, 5.41) is 9.69. The Bertz CT molecular complexity index is 610. The minimum Gasteiger partial charge on any atom is -0.504 e. The van der Waals surface area contributed by atoms with E-state index in [9.17, 15) is 14.7 Å². The van der Waals surface area contributed by atoms with Crippen LogP contribution in [0.25, 0.3) is 6.08 Å². The van der Waals surface area contributed by atoms with E-state index in [1.165, 1.54) is 25.3 Å². The minimum absolute atomic E-state index is 0.0273. The largest absolute Gasteiger partial charge is 0.504 e. The van der Waals surface area contributed by atoms with Gasteiger partial charge in [0.05, 0.1) is 20.3 Å². The average Bonchev–Trinajstić information content (AvgIpc) is 2.67. The van der Waals surface area contributed by atoms with E-state index in [0.717, 1.165) is 38.5 Å². The Morgan fingerprint density at radius 1 is 0.963 bits per heavy atom. The van der Waals surface area contributed by atoms with Crippen LogP contribution in [0.15, 0.2) is 23.8 Å². The van der Waals surface area contributed by atoms with Crippen molar-refractivity contribution in [3.05, 3.63) is 29.3 Å². The number of phenolic OH excluding ortho intramolecular Hbond substituents is 1. The molecule has 6 heteroatoms. The Hall–Kier alpha value is -2.50. The molecular formula is C21H30O6. The number of aromatic hydroxyl groups is 1. The van der Waals surface area contributed by atoms with Crippen LogP contribution in [0.5, 0.6) is 11.5 Å². The zero-order chi connectivity index (χ0) is 20.1. The van der Waals surface area contributed by atoms with Gasteiger partial charge < -0.3 is 19.3 Å². The molecule has 0 saturated carbocycles. The van der Waals surface area contributed by atoms with Gasteiger partial charge in [0.1, 0.15) is 5.57 Å². The summed E-state index contributed by atoms with van der Waals surface area (Å²) in [5.74, 6) is -1.20. The van der Waals surface area contributed by atoms with E-state index in [0.29, 0.717) is 5.56 Å². The monoisotopic (exact) mass is 378 g/mol. The second-order valence-electron chi connectivity index (χ2n) is 6.18. The summed E-state index contributed by atoms with van der Waals surface area (Å²) in [4.78, 5) is 24.8. The number of unbranched alkanes of at least 4 members (excludes halogenated alkanes) is 4. The van der Waals surface area contributed by atoms with Gasteiger partial charge in [-0.05, 0) is 36.6 Å². The van der Waals surface area contributed by atoms with Gasteiger partial charge in [-0.3, -0.25) is 0 Å². The zero-order valence-electron chi connectivity index (χ0n) is 16.5. The molecule has 0 unspecified atom stereocenters. The SMILES string of the molecule is CCCCCOC(=O)C(=Cc1ccc(O)c(OC)c1)C(=O)OCCCCC. The summed E-state index contributed by atoms with van der Waals surface area (Å²) < 4.78 is 15.5. The van der Waals surface area contributed by atoms with Gasteiger partial charge in [0.25, 0.3) is 0 Å². The van der Waals surface area contributed by atoms with E-state index in [2.05, 4.69) is 13.8 Å². The molecule has 0 aliphatic heterocycles. The third kappa shape index (κ3) is 8.15. The van der Waals surface area contributed by atoms with Gasteiger partial charge in [-0.25, -0.2) is 9.59 Å². The van der Waals surface area contributed by atoms with Gasteiger partial charge in [-0.15, -0.1) is 0 Å². The lowest BCUT2D eigenvalue weighted by Gasteiger charge is -2.10. The molecule has 1 N–H and O–H groups in total. The number of carbonyl (C=O) groups is 2. The molecule has 0 bridgehead atoms. The Morgan fingerprint density at radius 2 is 1.52 bits per heavy atom. The highest BCUT2D eigenvalue weighted by Gasteiger charge is 2.22. The number of phenols is 1. The van der Waals surface area contributed by atoms with Gasteiger partial charge in [-0.1, -0.05) is 45.6 Å². The summed E-state index contributed by atoms with van der Waals surface area (Å²) in [6.45, 7) is 4.62. The first kappa shape index (κ1) is 22.5. The molecule has 1 rings (SSSR count). The smallest absolute Gasteiger partial charge is 0.345 e. The molecule has 0 amide bonds. The summed E-state index contributed by atoms with van der Waals surface area (Å²) >= 11 is 0. The third-order valence-corrected chi connectivity index (χ3v) is 3.92. The predicted octanol–water partition coefficient (Wildman–Crippen LogP) is 4.25. The van der Waals surface area contributed by atoms with Crippen molar-refractivity contribution in [2.24, 2.45) is 0 Å². The summed E-state index contributed by atoms with van der Waals surface area (Å²) in [7, 11) is 1.42. The second-order valence-corrected chi connectivity index (χ2v) is 6.18. The number of carbonyl (C=O) groups excluding carboxylic acids is 2. The van der Waals surface area contributed by atoms with Crippen molar-refractivity contribution < 1.29 is 28.9 Å². The first-order valence-electron chi connectivity index (χ1n) is 9.46. The molecule has 0 spiro atoms. The molecule has 0 fully saturated rings. The first-order chi connectivity index (χ1) is 13.0. The predicted molar refractivity (Wildman–Crippen MR) is 104 cm³/mol. The average molecular weight is 378 g/mol. The van der Waals surface area contributed by atoms with Crippen LogP contribution >= 0.6 is 0 Å². The van der Waals surface area contributed by atoms with Crippen molar-refractivity contribution in [2.45, 2.75) is 52.4 Å². The van der Waals surface area contributed by atoms with Crippen molar-refractivity contribution in [2.75, 3.05) is 20.3 Å². The van der Waals surface area contributed by atoms with Crippen LogP contribution < -0.4 is 4.74 Å². The van der Waals surface area contributed by atoms with E-state index in [-0.39, 0.29) is 30.3 Å². The standard InChI is InChI=1S/C21H30O6/c1-4-6-8-12-26-20(23)17(21(24)27-13-9-7-5-2)14-16-10-11-18(22)19(15-16)25-3/h10-11,14-15,22H,4-9,12-13H2,1-3H3. The maximum Gasteiger partial charge on any atom is 0.345 e. The maximum atomic E-state index is 12.4. The van der Waals surface area contributed by atoms with E-state index in [1.54, 1.807) is 6.07 Å². The van der Waals surface area contributed by atoms with E-state index < -0.39 is 11.9 Å². The number of hydrogen-bond donors (Lipinski definition) is 1. The van der Waals surface area contributed by atoms with E-state index in [4.69, 9.17) is 14.2 Å². The van der Waals surface area contributed by atoms with Gasteiger partial charge in [0.15, 0.2) is 11.5 Å². The Labute approximate surface area is 161 Å².